The zero-order chi connectivity index (χ0) is 21.6. The lowest BCUT2D eigenvalue weighted by molar-refractivity contribution is -0.137. The van der Waals surface area contributed by atoms with Gasteiger partial charge in [-0.3, -0.25) is 4.79 Å². The molecule has 0 radical (unpaired) electrons. The van der Waals surface area contributed by atoms with Crippen molar-refractivity contribution in [1.29, 1.82) is 0 Å². The number of fused-ring (bicyclic) bond motifs is 2. The maximum absolute atomic E-state index is 13.3. The monoisotopic (exact) mass is 431 g/mol. The van der Waals surface area contributed by atoms with Gasteiger partial charge in [0.05, 0.1) is 24.3 Å². The first-order chi connectivity index (χ1) is 14.9. The molecule has 5 nitrogen and oxygen atoms in total. The van der Waals surface area contributed by atoms with Crippen LogP contribution in [0.15, 0.2) is 30.5 Å². The normalized spacial score (nSPS) is 22.9. The Bertz CT molecular complexity index is 994. The van der Waals surface area contributed by atoms with E-state index in [4.69, 9.17) is 4.74 Å². The first-order valence-corrected chi connectivity index (χ1v) is 10.8. The maximum atomic E-state index is 13.3. The second-order valence-electron chi connectivity index (χ2n) is 8.50. The van der Waals surface area contributed by atoms with Crippen molar-refractivity contribution < 1.29 is 22.7 Å². The number of aromatic nitrogens is 1. The zero-order valence-electron chi connectivity index (χ0n) is 17.0. The lowest BCUT2D eigenvalue weighted by Gasteiger charge is -2.40. The summed E-state index contributed by atoms with van der Waals surface area (Å²) in [6, 6.07) is 5.15. The quantitative estimate of drug-likeness (QED) is 0.737. The summed E-state index contributed by atoms with van der Waals surface area (Å²) < 4.78 is 44.7. The third-order valence-electron chi connectivity index (χ3n) is 6.68. The van der Waals surface area contributed by atoms with Gasteiger partial charge in [0.1, 0.15) is 5.82 Å². The maximum Gasteiger partial charge on any atom is 0.416 e. The molecule has 1 N–H and O–H groups in total. The molecule has 164 valence electrons. The second kappa shape index (κ2) is 7.82. The number of hydrogen-bond donors (Lipinski definition) is 1. The SMILES string of the molecule is O=C(c1cnc(Nc2cccc(C(F)(F)F)c2)c2c1C1CCC2CC1)N1CCOCC1. The number of amides is 1. The molecule has 1 aromatic heterocycles. The first-order valence-electron chi connectivity index (χ1n) is 10.8. The smallest absolute Gasteiger partial charge is 0.378 e. The molecule has 2 fully saturated rings. The highest BCUT2D eigenvalue weighted by atomic mass is 19.4. The third kappa shape index (κ3) is 3.78. The third-order valence-corrected chi connectivity index (χ3v) is 6.68. The van der Waals surface area contributed by atoms with Crippen LogP contribution in [0.2, 0.25) is 0 Å². The molecule has 4 aliphatic rings. The van der Waals surface area contributed by atoms with Gasteiger partial charge in [-0.1, -0.05) is 6.07 Å². The molecule has 0 spiro atoms. The van der Waals surface area contributed by atoms with Crippen LogP contribution in [0.3, 0.4) is 0 Å². The minimum atomic E-state index is -4.40. The number of benzene rings is 1. The molecule has 2 aromatic rings. The van der Waals surface area contributed by atoms with Gasteiger partial charge in [0, 0.05) is 30.5 Å². The van der Waals surface area contributed by atoms with Crippen LogP contribution in [-0.4, -0.2) is 42.1 Å². The molecule has 8 heteroatoms. The minimum absolute atomic E-state index is 0.0229. The Morgan fingerprint density at radius 3 is 2.42 bits per heavy atom. The minimum Gasteiger partial charge on any atom is -0.378 e. The lowest BCUT2D eigenvalue weighted by atomic mass is 9.66. The molecule has 1 saturated heterocycles. The topological polar surface area (TPSA) is 54.5 Å². The van der Waals surface area contributed by atoms with Crippen LogP contribution in [0.1, 0.15) is 64.6 Å². The average Bonchev–Trinajstić information content (AvgIpc) is 2.80. The number of rotatable bonds is 3. The molecule has 3 aliphatic carbocycles. The summed E-state index contributed by atoms with van der Waals surface area (Å²) in [4.78, 5) is 19.6. The van der Waals surface area contributed by atoms with Crippen LogP contribution in [0.4, 0.5) is 24.7 Å². The van der Waals surface area contributed by atoms with Crippen LogP contribution in [0.25, 0.3) is 0 Å². The number of anilines is 2. The standard InChI is InChI=1S/C23H24F3N3O2/c24-23(25,26)16-2-1-3-17(12-16)28-21-20-15-6-4-14(5-7-15)19(20)18(13-27-21)22(30)29-8-10-31-11-9-29/h1-3,12-15H,4-11H2,(H,27,28). The highest BCUT2D eigenvalue weighted by Gasteiger charge is 2.39. The van der Waals surface area contributed by atoms with Crippen molar-refractivity contribution in [2.24, 2.45) is 0 Å². The molecule has 0 unspecified atom stereocenters. The van der Waals surface area contributed by atoms with Gasteiger partial charge in [0.2, 0.25) is 0 Å². The summed E-state index contributed by atoms with van der Waals surface area (Å²) in [6.45, 7) is 2.18. The average molecular weight is 431 g/mol. The molecule has 2 bridgehead atoms. The highest BCUT2D eigenvalue weighted by molar-refractivity contribution is 5.97. The molecule has 0 atom stereocenters. The number of pyridine rings is 1. The highest BCUT2D eigenvalue weighted by Crippen LogP contribution is 2.52. The summed E-state index contributed by atoms with van der Waals surface area (Å²) in [5.74, 6) is 1.12. The van der Waals surface area contributed by atoms with Gasteiger partial charge in [-0.05, 0) is 61.3 Å². The van der Waals surface area contributed by atoms with E-state index in [1.165, 1.54) is 6.07 Å². The van der Waals surface area contributed by atoms with Gasteiger partial charge in [-0.25, -0.2) is 4.98 Å². The van der Waals surface area contributed by atoms with Crippen molar-refractivity contribution in [3.8, 4) is 0 Å². The molecule has 1 amide bonds. The summed E-state index contributed by atoms with van der Waals surface area (Å²) >= 11 is 0. The summed E-state index contributed by atoms with van der Waals surface area (Å²) in [5, 5.41) is 3.12. The molecular formula is C23H24F3N3O2. The van der Waals surface area contributed by atoms with E-state index >= 15 is 0 Å². The van der Waals surface area contributed by atoms with Crippen LogP contribution in [0, 0.1) is 0 Å². The van der Waals surface area contributed by atoms with Crippen molar-refractivity contribution in [2.75, 3.05) is 31.6 Å². The molecule has 1 saturated carbocycles. The number of halogens is 3. The predicted molar refractivity (Wildman–Crippen MR) is 110 cm³/mol. The molecular weight excluding hydrogens is 407 g/mol. The van der Waals surface area contributed by atoms with Gasteiger partial charge in [0.15, 0.2) is 0 Å². The fourth-order valence-electron chi connectivity index (χ4n) is 5.18. The molecule has 1 aromatic carbocycles. The molecule has 1 aliphatic heterocycles. The van der Waals surface area contributed by atoms with Crippen molar-refractivity contribution in [2.45, 2.75) is 43.7 Å². The second-order valence-corrected chi connectivity index (χ2v) is 8.50. The van der Waals surface area contributed by atoms with Crippen LogP contribution in [-0.2, 0) is 10.9 Å². The van der Waals surface area contributed by atoms with Crippen molar-refractivity contribution in [1.82, 2.24) is 9.88 Å². The number of nitrogens with one attached hydrogen (secondary N) is 1. The van der Waals surface area contributed by atoms with E-state index in [2.05, 4.69) is 10.3 Å². The van der Waals surface area contributed by atoms with E-state index in [9.17, 15) is 18.0 Å². The predicted octanol–water partition coefficient (Wildman–Crippen LogP) is 5.07. The Morgan fingerprint density at radius 1 is 1.06 bits per heavy atom. The Labute approximate surface area is 178 Å². The van der Waals surface area contributed by atoms with E-state index < -0.39 is 11.7 Å². The van der Waals surface area contributed by atoms with Crippen molar-refractivity contribution >= 4 is 17.4 Å². The van der Waals surface area contributed by atoms with Gasteiger partial charge < -0.3 is 15.0 Å². The fraction of sp³-hybridized carbons (Fsp3) is 0.478. The summed E-state index contributed by atoms with van der Waals surface area (Å²) in [7, 11) is 0. The van der Waals surface area contributed by atoms with Crippen molar-refractivity contribution in [3.63, 3.8) is 0 Å². The van der Waals surface area contributed by atoms with Crippen LogP contribution < -0.4 is 5.32 Å². The number of carbonyl (C=O) groups is 1. The van der Waals surface area contributed by atoms with E-state index in [-0.39, 0.29) is 11.8 Å². The van der Waals surface area contributed by atoms with E-state index in [1.54, 1.807) is 12.3 Å². The Balaban J connectivity index is 1.53. The van der Waals surface area contributed by atoms with Crippen molar-refractivity contribution in [3.05, 3.63) is 52.7 Å². The van der Waals surface area contributed by atoms with Crippen LogP contribution in [0.5, 0.6) is 0 Å². The number of ether oxygens (including phenoxy) is 1. The number of morpholine rings is 1. The van der Waals surface area contributed by atoms with Gasteiger partial charge in [0.25, 0.3) is 5.91 Å². The Morgan fingerprint density at radius 2 is 1.74 bits per heavy atom. The number of alkyl halides is 3. The largest absolute Gasteiger partial charge is 0.416 e. The Kier molecular flexibility index (Phi) is 5.12. The van der Waals surface area contributed by atoms with Gasteiger partial charge in [-0.15, -0.1) is 0 Å². The van der Waals surface area contributed by atoms with E-state index in [0.717, 1.165) is 48.9 Å². The molecule has 6 rings (SSSR count). The van der Waals surface area contributed by atoms with Gasteiger partial charge >= 0.3 is 6.18 Å². The summed E-state index contributed by atoms with van der Waals surface area (Å²) in [5.41, 5.74) is 2.34. The number of nitrogens with zero attached hydrogens (tertiary/aromatic N) is 2. The lowest BCUT2D eigenvalue weighted by Crippen LogP contribution is -2.41. The van der Waals surface area contributed by atoms with Gasteiger partial charge in [-0.2, -0.15) is 13.2 Å². The summed E-state index contributed by atoms with van der Waals surface area (Å²) in [6.07, 6.45) is 1.31. The molecule has 31 heavy (non-hydrogen) atoms. The number of hydrogen-bond acceptors (Lipinski definition) is 4. The number of carbonyl (C=O) groups excluding carboxylic acids is 1. The Hall–Kier alpha value is -2.61. The zero-order valence-corrected chi connectivity index (χ0v) is 17.0. The fourth-order valence-corrected chi connectivity index (χ4v) is 5.18. The van der Waals surface area contributed by atoms with E-state index in [0.29, 0.717) is 49.3 Å². The molecule has 2 heterocycles. The van der Waals surface area contributed by atoms with Crippen LogP contribution >= 0.6 is 0 Å². The first kappa shape index (κ1) is 20.3. The van der Waals surface area contributed by atoms with E-state index in [1.807, 2.05) is 4.90 Å².